The molecule has 1 heterocycles. The number of ether oxygens (including phenoxy) is 1. The van der Waals surface area contributed by atoms with E-state index < -0.39 is 11.7 Å². The Kier molecular flexibility index (Phi) is 4.90. The van der Waals surface area contributed by atoms with Gasteiger partial charge in [0.15, 0.2) is 4.80 Å². The van der Waals surface area contributed by atoms with Crippen molar-refractivity contribution in [1.29, 1.82) is 0 Å². The summed E-state index contributed by atoms with van der Waals surface area (Å²) in [6, 6.07) is 4.63. The Labute approximate surface area is 126 Å². The van der Waals surface area contributed by atoms with E-state index in [2.05, 4.69) is 4.99 Å². The number of carbonyl (C=O) groups is 1. The molecule has 4 nitrogen and oxygen atoms in total. The Morgan fingerprint density at radius 1 is 1.52 bits per heavy atom. The van der Waals surface area contributed by atoms with Crippen molar-refractivity contribution in [3.8, 4) is 0 Å². The maximum Gasteiger partial charge on any atom is 0.313 e. The number of benzene rings is 1. The Bertz CT molecular complexity index is 706. The zero-order valence-electron chi connectivity index (χ0n) is 12.2. The van der Waals surface area contributed by atoms with Crippen molar-refractivity contribution < 1.29 is 13.9 Å². The average molecular weight is 308 g/mol. The Morgan fingerprint density at radius 2 is 2.29 bits per heavy atom. The number of rotatable bonds is 4. The van der Waals surface area contributed by atoms with Crippen LogP contribution in [0.4, 0.5) is 10.1 Å². The quantitative estimate of drug-likeness (QED) is 0.815. The van der Waals surface area contributed by atoms with Gasteiger partial charge in [-0.25, -0.2) is 9.38 Å². The molecular weight excluding hydrogens is 291 g/mol. The number of aromatic nitrogens is 1. The van der Waals surface area contributed by atoms with Crippen molar-refractivity contribution in [2.24, 2.45) is 12.0 Å². The largest absolute Gasteiger partial charge is 0.466 e. The van der Waals surface area contributed by atoms with Crippen LogP contribution in [0.25, 0.3) is 0 Å². The summed E-state index contributed by atoms with van der Waals surface area (Å²) in [5, 5.41) is 1.88. The van der Waals surface area contributed by atoms with Gasteiger partial charge in [-0.15, -0.1) is 11.3 Å². The molecular formula is C15H17FN2O2S. The van der Waals surface area contributed by atoms with Crippen molar-refractivity contribution in [1.82, 2.24) is 4.57 Å². The molecule has 0 N–H and O–H groups in total. The average Bonchev–Trinajstić information content (AvgIpc) is 2.86. The molecule has 1 unspecified atom stereocenters. The lowest BCUT2D eigenvalue weighted by Crippen LogP contribution is -2.13. The van der Waals surface area contributed by atoms with Crippen LogP contribution in [-0.4, -0.2) is 17.1 Å². The normalized spacial score (nSPS) is 13.2. The highest BCUT2D eigenvalue weighted by atomic mass is 32.1. The molecule has 0 saturated carbocycles. The molecule has 1 aromatic carbocycles. The van der Waals surface area contributed by atoms with Crippen LogP contribution in [0.15, 0.2) is 34.8 Å². The van der Waals surface area contributed by atoms with Crippen LogP contribution in [0.3, 0.4) is 0 Å². The zero-order valence-corrected chi connectivity index (χ0v) is 13.0. The molecule has 2 aromatic rings. The highest BCUT2D eigenvalue weighted by molar-refractivity contribution is 7.07. The SMILES string of the molecule is CCOC(=O)C(C)c1ccc(N=c2sccn2C)c(F)c1. The van der Waals surface area contributed by atoms with E-state index in [1.807, 2.05) is 23.2 Å². The molecule has 1 aromatic heterocycles. The Morgan fingerprint density at radius 3 is 2.86 bits per heavy atom. The van der Waals surface area contributed by atoms with E-state index in [0.29, 0.717) is 17.0 Å². The maximum absolute atomic E-state index is 14.1. The third-order valence-corrected chi connectivity index (χ3v) is 3.94. The summed E-state index contributed by atoms with van der Waals surface area (Å²) in [5.74, 6) is -1.30. The maximum atomic E-state index is 14.1. The molecule has 0 saturated heterocycles. The predicted octanol–water partition coefficient (Wildman–Crippen LogP) is 3.12. The van der Waals surface area contributed by atoms with Crippen molar-refractivity contribution in [2.75, 3.05) is 6.61 Å². The van der Waals surface area contributed by atoms with Crippen molar-refractivity contribution >= 4 is 23.0 Å². The zero-order chi connectivity index (χ0) is 15.4. The van der Waals surface area contributed by atoms with E-state index >= 15 is 0 Å². The van der Waals surface area contributed by atoms with Gasteiger partial charge in [-0.2, -0.15) is 0 Å². The second-order valence-corrected chi connectivity index (χ2v) is 5.47. The number of carbonyl (C=O) groups excluding carboxylic acids is 1. The summed E-state index contributed by atoms with van der Waals surface area (Å²) in [5.41, 5.74) is 0.841. The number of esters is 1. The minimum atomic E-state index is -0.494. The van der Waals surface area contributed by atoms with Crippen LogP contribution in [0.1, 0.15) is 25.3 Å². The number of nitrogens with zero attached hydrogens (tertiary/aromatic N) is 2. The van der Waals surface area contributed by atoms with Gasteiger partial charge in [0.1, 0.15) is 11.5 Å². The molecule has 112 valence electrons. The minimum absolute atomic E-state index is 0.257. The first kappa shape index (κ1) is 15.4. The molecule has 2 rings (SSSR count). The highest BCUT2D eigenvalue weighted by Crippen LogP contribution is 2.24. The monoisotopic (exact) mass is 308 g/mol. The van der Waals surface area contributed by atoms with Crippen LogP contribution in [0.2, 0.25) is 0 Å². The molecule has 0 radical (unpaired) electrons. The van der Waals surface area contributed by atoms with Crippen LogP contribution < -0.4 is 4.80 Å². The van der Waals surface area contributed by atoms with Gasteiger partial charge in [0.05, 0.1) is 12.5 Å². The molecule has 0 amide bonds. The van der Waals surface area contributed by atoms with E-state index in [1.54, 1.807) is 26.0 Å². The molecule has 0 aliphatic rings. The molecule has 0 fully saturated rings. The van der Waals surface area contributed by atoms with E-state index in [9.17, 15) is 9.18 Å². The number of hydrogen-bond acceptors (Lipinski definition) is 4. The molecule has 0 aliphatic heterocycles. The lowest BCUT2D eigenvalue weighted by Gasteiger charge is -2.11. The fourth-order valence-corrected chi connectivity index (χ4v) is 2.57. The van der Waals surface area contributed by atoms with Crippen molar-refractivity contribution in [2.45, 2.75) is 19.8 Å². The molecule has 0 bridgehead atoms. The number of halogens is 1. The van der Waals surface area contributed by atoms with Crippen LogP contribution >= 0.6 is 11.3 Å². The molecule has 0 aliphatic carbocycles. The highest BCUT2D eigenvalue weighted by Gasteiger charge is 2.17. The summed E-state index contributed by atoms with van der Waals surface area (Å²) in [4.78, 5) is 16.7. The van der Waals surface area contributed by atoms with Gasteiger partial charge in [0.2, 0.25) is 0 Å². The predicted molar refractivity (Wildman–Crippen MR) is 80.0 cm³/mol. The van der Waals surface area contributed by atoms with Crippen LogP contribution in [-0.2, 0) is 16.6 Å². The van der Waals surface area contributed by atoms with E-state index in [0.717, 1.165) is 0 Å². The Hall–Kier alpha value is -1.95. The fraction of sp³-hybridized carbons (Fsp3) is 0.333. The summed E-state index contributed by atoms with van der Waals surface area (Å²) < 4.78 is 20.9. The lowest BCUT2D eigenvalue weighted by atomic mass is 10.0. The summed E-state index contributed by atoms with van der Waals surface area (Å²) in [6.45, 7) is 3.75. The molecule has 21 heavy (non-hydrogen) atoms. The first-order valence-electron chi connectivity index (χ1n) is 6.64. The first-order chi connectivity index (χ1) is 10.0. The third-order valence-electron chi connectivity index (χ3n) is 3.09. The standard InChI is InChI=1S/C15H17FN2O2S/c1-4-20-14(19)10(2)11-5-6-13(12(16)9-11)17-15-18(3)7-8-21-15/h5-10H,4H2,1-3H3. The topological polar surface area (TPSA) is 43.6 Å². The van der Waals surface area contributed by atoms with Crippen LogP contribution in [0, 0.1) is 5.82 Å². The first-order valence-corrected chi connectivity index (χ1v) is 7.51. The summed E-state index contributed by atoms with van der Waals surface area (Å²) in [7, 11) is 1.85. The summed E-state index contributed by atoms with van der Waals surface area (Å²) in [6.07, 6.45) is 1.86. The fourth-order valence-electron chi connectivity index (χ4n) is 1.82. The van der Waals surface area contributed by atoms with Gasteiger partial charge in [-0.1, -0.05) is 6.07 Å². The third kappa shape index (κ3) is 3.58. The number of hydrogen-bond donors (Lipinski definition) is 0. The van der Waals surface area contributed by atoms with E-state index in [4.69, 9.17) is 4.74 Å². The second kappa shape index (κ2) is 6.67. The van der Waals surface area contributed by atoms with Gasteiger partial charge in [0.25, 0.3) is 0 Å². The number of thiazole rings is 1. The van der Waals surface area contributed by atoms with Gasteiger partial charge < -0.3 is 9.30 Å². The lowest BCUT2D eigenvalue weighted by molar-refractivity contribution is -0.144. The van der Waals surface area contributed by atoms with Gasteiger partial charge in [0, 0.05) is 18.6 Å². The smallest absolute Gasteiger partial charge is 0.313 e. The summed E-state index contributed by atoms with van der Waals surface area (Å²) >= 11 is 1.43. The molecule has 0 spiro atoms. The van der Waals surface area contributed by atoms with Crippen LogP contribution in [0.5, 0.6) is 0 Å². The van der Waals surface area contributed by atoms with Gasteiger partial charge >= 0.3 is 5.97 Å². The van der Waals surface area contributed by atoms with E-state index in [1.165, 1.54) is 17.4 Å². The van der Waals surface area contributed by atoms with Crippen molar-refractivity contribution in [3.63, 3.8) is 0 Å². The molecule has 1 atom stereocenters. The van der Waals surface area contributed by atoms with Gasteiger partial charge in [-0.05, 0) is 31.5 Å². The van der Waals surface area contributed by atoms with Crippen molar-refractivity contribution in [3.05, 3.63) is 46.0 Å². The minimum Gasteiger partial charge on any atom is -0.466 e. The number of aryl methyl sites for hydroxylation is 1. The second-order valence-electron chi connectivity index (χ2n) is 4.59. The van der Waals surface area contributed by atoms with E-state index in [-0.39, 0.29) is 11.7 Å². The van der Waals surface area contributed by atoms with Gasteiger partial charge in [-0.3, -0.25) is 4.79 Å². The Balaban J connectivity index is 2.30. The molecule has 6 heteroatoms.